The minimum absolute atomic E-state index is 0. The molecule has 0 aliphatic rings. The minimum Gasteiger partial charge on any atom is -0.545 e. The van der Waals surface area contributed by atoms with Gasteiger partial charge < -0.3 is 29.3 Å². The van der Waals surface area contributed by atoms with E-state index in [0.29, 0.717) is 25.4 Å². The van der Waals surface area contributed by atoms with Crippen LogP contribution in [0.2, 0.25) is 0 Å². The first-order chi connectivity index (χ1) is 25.2. The Morgan fingerprint density at radius 2 is 0.604 bits per heavy atom. The number of rotatable bonds is 32. The van der Waals surface area contributed by atoms with E-state index in [1.807, 2.05) is 0 Å². The van der Waals surface area contributed by atoms with Crippen molar-refractivity contribution in [2.24, 2.45) is 0 Å². The number of aliphatic carboxylic acids is 2. The molecule has 53 heavy (non-hydrogen) atoms. The molecule has 0 N–H and O–H groups in total. The molecule has 0 saturated heterocycles. The van der Waals surface area contributed by atoms with E-state index in [1.54, 1.807) is 0 Å². The Balaban J connectivity index is -0.000000236. The first-order valence-electron chi connectivity index (χ1n) is 20.9. The number of carbonyl (C=O) groups is 4. The van der Waals surface area contributed by atoms with Crippen molar-refractivity contribution in [1.29, 1.82) is 0 Å². The number of hydrogen-bond acceptors (Lipinski definition) is 8. The summed E-state index contributed by atoms with van der Waals surface area (Å²) in [4.78, 5) is 42.3. The van der Waals surface area contributed by atoms with E-state index in [0.717, 1.165) is 50.7 Å². The zero-order valence-corrected chi connectivity index (χ0v) is 37.6. The molecule has 0 atom stereocenters. The second-order valence-corrected chi connectivity index (χ2v) is 13.1. The van der Waals surface area contributed by atoms with Gasteiger partial charge in [0.25, 0.3) is 0 Å². The summed E-state index contributed by atoms with van der Waals surface area (Å²) >= 11 is 0. The van der Waals surface area contributed by atoms with Gasteiger partial charge in [0.1, 0.15) is 0 Å². The van der Waals surface area contributed by atoms with Crippen LogP contribution in [0.1, 0.15) is 207 Å². The maximum atomic E-state index is 11.0. The molecule has 4 radical (unpaired) electrons. The van der Waals surface area contributed by atoms with Crippen molar-refractivity contribution in [1.82, 2.24) is 0 Å². The van der Waals surface area contributed by atoms with Crippen molar-refractivity contribution < 1.29 is 38.9 Å². The molecule has 0 aromatic carbocycles. The maximum Gasteiger partial charge on any atom is 2.00 e. The number of carbonyl (C=O) groups excluding carboxylic acids is 4. The van der Waals surface area contributed by atoms with Crippen LogP contribution in [0.25, 0.3) is 0 Å². The monoisotopic (exact) mass is 856 g/mol. The molecule has 0 aromatic heterocycles. The second-order valence-electron chi connectivity index (χ2n) is 13.1. The van der Waals surface area contributed by atoms with Crippen LogP contribution >= 0.6 is 0 Å². The van der Waals surface area contributed by atoms with E-state index in [4.69, 9.17) is 9.47 Å². The van der Waals surface area contributed by atoms with Gasteiger partial charge in [0.15, 0.2) is 0 Å². The first-order valence-corrected chi connectivity index (χ1v) is 20.9. The summed E-state index contributed by atoms with van der Waals surface area (Å²) < 4.78 is 9.73. The smallest absolute Gasteiger partial charge is 0.545 e. The average Bonchev–Trinajstić information content (AvgIpc) is 3.14. The first kappa shape index (κ1) is 60.4. The summed E-state index contributed by atoms with van der Waals surface area (Å²) in [6.45, 7) is 16.6. The van der Waals surface area contributed by atoms with Gasteiger partial charge in [-0.3, -0.25) is 0 Å². The molecule has 308 valence electrons. The van der Waals surface area contributed by atoms with Crippen LogP contribution in [-0.2, 0) is 28.7 Å². The van der Waals surface area contributed by atoms with Gasteiger partial charge in [-0.1, -0.05) is 208 Å². The van der Waals surface area contributed by atoms with Crippen molar-refractivity contribution in [2.45, 2.75) is 207 Å². The van der Waals surface area contributed by atoms with Crippen LogP contribution < -0.4 is 10.2 Å². The largest absolute Gasteiger partial charge is 2.00 e. The third kappa shape index (κ3) is 72.1. The van der Waals surface area contributed by atoms with Gasteiger partial charge in [-0.25, -0.2) is 9.59 Å². The van der Waals surface area contributed by atoms with Gasteiger partial charge >= 0.3 is 35.8 Å². The van der Waals surface area contributed by atoms with E-state index in [2.05, 4.69) is 41.5 Å². The molecule has 0 bridgehead atoms. The fraction of sp³-hybridized carbons (Fsp3) is 0.773. The molecule has 0 aromatic rings. The molecule has 0 rings (SSSR count). The zero-order chi connectivity index (χ0) is 39.8. The third-order valence-corrected chi connectivity index (χ3v) is 7.90. The Morgan fingerprint density at radius 3 is 0.792 bits per heavy atom. The second kappa shape index (κ2) is 56.9. The van der Waals surface area contributed by atoms with Gasteiger partial charge in [0.05, 0.1) is 25.2 Å². The summed E-state index contributed by atoms with van der Waals surface area (Å²) in [5.74, 6) is -4.01. The quantitative estimate of drug-likeness (QED) is 0.0283. The number of unbranched alkanes of at least 4 members (excludes halogenated alkanes) is 24. The molecule has 0 aliphatic carbocycles. The summed E-state index contributed by atoms with van der Waals surface area (Å²) in [6, 6.07) is 0. The Kier molecular flexibility index (Phi) is 64.8. The van der Waals surface area contributed by atoms with Gasteiger partial charge in [-0.05, 0) is 25.0 Å². The van der Waals surface area contributed by atoms with E-state index >= 15 is 0 Å². The molecule has 0 amide bonds. The van der Waals surface area contributed by atoms with Crippen molar-refractivity contribution >= 4 is 47.8 Å². The summed E-state index contributed by atoms with van der Waals surface area (Å²) in [7, 11) is 0. The van der Waals surface area contributed by atoms with Crippen molar-refractivity contribution in [2.75, 3.05) is 13.2 Å². The van der Waals surface area contributed by atoms with Gasteiger partial charge in [-0.2, -0.15) is 0 Å². The number of hydrogen-bond donors (Lipinski definition) is 0. The van der Waals surface area contributed by atoms with Crippen LogP contribution in [0.15, 0.2) is 24.3 Å². The molecular formula is C44H80O8Sn. The number of carboxylic acid groups (broad SMARTS) is 2. The van der Waals surface area contributed by atoms with Crippen LogP contribution in [0.3, 0.4) is 0 Å². The molecule has 0 fully saturated rings. The molecule has 8 nitrogen and oxygen atoms in total. The Morgan fingerprint density at radius 1 is 0.396 bits per heavy atom. The zero-order valence-electron chi connectivity index (χ0n) is 34.7. The standard InChI is InChI=1S/2C18H32O4.2C4H9.Sn/c2*1-2-3-4-5-6-7-8-9-10-11-12-13-16-22-18(21)15-14-17(19)20;2*1-3-4-2;/h2*14-15H,2-13,16H2,1H3,(H,19,20);2*1,3-4H2,2H3;/q;;;;+2/p-2/b2*15-14-;;;. The average molecular weight is 856 g/mol. The number of carboxylic acids is 2. The summed E-state index contributed by atoms with van der Waals surface area (Å²) in [6.07, 6.45) is 37.9. The summed E-state index contributed by atoms with van der Waals surface area (Å²) in [5, 5.41) is 20.2. The third-order valence-electron chi connectivity index (χ3n) is 7.90. The molecular weight excluding hydrogens is 775 g/mol. The van der Waals surface area contributed by atoms with Crippen LogP contribution in [-0.4, -0.2) is 61.0 Å². The maximum absolute atomic E-state index is 11.0. The normalized spacial score (nSPS) is 10.2. The van der Waals surface area contributed by atoms with Crippen molar-refractivity contribution in [3.8, 4) is 0 Å². The van der Waals surface area contributed by atoms with E-state index < -0.39 is 23.9 Å². The van der Waals surface area contributed by atoms with Gasteiger partial charge in [0.2, 0.25) is 0 Å². The molecule has 9 heteroatoms. The van der Waals surface area contributed by atoms with Gasteiger partial charge in [0, 0.05) is 12.2 Å². The predicted octanol–water partition coefficient (Wildman–Crippen LogP) is 9.93. The van der Waals surface area contributed by atoms with Crippen molar-refractivity contribution in [3.05, 3.63) is 38.2 Å². The Bertz CT molecular complexity index is 743. The van der Waals surface area contributed by atoms with Crippen molar-refractivity contribution in [3.63, 3.8) is 0 Å². The Hall–Kier alpha value is -1.84. The number of ether oxygens (including phenoxy) is 2. The fourth-order valence-corrected chi connectivity index (χ4v) is 4.60. The van der Waals surface area contributed by atoms with Crippen LogP contribution in [0.4, 0.5) is 0 Å². The SMILES string of the molecule is CCCCCCCCCCCCCCOC(=O)/C=C\C(=O)[O-].CCCCCCCCCCCCCCOC(=O)/C=C\C(=O)[O-].[CH2]CCC.[CH2]CCC.[Sn+2]. The van der Waals surface area contributed by atoms with E-state index in [1.165, 1.54) is 141 Å². The molecule has 0 saturated carbocycles. The van der Waals surface area contributed by atoms with Crippen LogP contribution in [0.5, 0.6) is 0 Å². The molecule has 0 heterocycles. The van der Waals surface area contributed by atoms with Gasteiger partial charge in [-0.15, -0.1) is 0 Å². The molecule has 0 spiro atoms. The van der Waals surface area contributed by atoms with Crippen LogP contribution in [0, 0.1) is 13.8 Å². The summed E-state index contributed by atoms with van der Waals surface area (Å²) in [5.41, 5.74) is 0. The molecule has 0 unspecified atom stereocenters. The number of esters is 2. The predicted molar refractivity (Wildman–Crippen MR) is 219 cm³/mol. The fourth-order valence-electron chi connectivity index (χ4n) is 4.60. The minimum atomic E-state index is -1.39. The topological polar surface area (TPSA) is 133 Å². The van der Waals surface area contributed by atoms with E-state index in [9.17, 15) is 29.4 Å². The van der Waals surface area contributed by atoms with E-state index in [-0.39, 0.29) is 23.9 Å². The molecule has 0 aliphatic heterocycles. The Labute approximate surface area is 344 Å².